The van der Waals surface area contributed by atoms with Crippen LogP contribution in [0, 0.1) is 0 Å². The van der Waals surface area contributed by atoms with Crippen LogP contribution in [0.15, 0.2) is 48.8 Å². The van der Waals surface area contributed by atoms with Crippen molar-refractivity contribution in [2.45, 2.75) is 25.4 Å². The van der Waals surface area contributed by atoms with Crippen molar-refractivity contribution in [1.29, 1.82) is 0 Å². The SMILES string of the molecule is CN(C(=O)COc1cncc(Cl)c1)C1CCN(Cc2ccccc2)CC1.Cl. The maximum absolute atomic E-state index is 12.4. The highest BCUT2D eigenvalue weighted by molar-refractivity contribution is 6.30. The Bertz CT molecular complexity index is 722. The lowest BCUT2D eigenvalue weighted by molar-refractivity contribution is -0.135. The number of benzene rings is 1. The zero-order chi connectivity index (χ0) is 18.4. The molecule has 7 heteroatoms. The minimum atomic E-state index is -0.0218. The zero-order valence-corrected chi connectivity index (χ0v) is 17.0. The molecular formula is C20H25Cl2N3O2. The number of hydrogen-bond acceptors (Lipinski definition) is 4. The fourth-order valence-corrected chi connectivity index (χ4v) is 3.39. The van der Waals surface area contributed by atoms with Crippen LogP contribution < -0.4 is 4.74 Å². The molecule has 0 N–H and O–H groups in total. The number of hydrogen-bond donors (Lipinski definition) is 0. The predicted octanol–water partition coefficient (Wildman–Crippen LogP) is 3.66. The van der Waals surface area contributed by atoms with Gasteiger partial charge in [0.25, 0.3) is 5.91 Å². The summed E-state index contributed by atoms with van der Waals surface area (Å²) in [7, 11) is 1.86. The van der Waals surface area contributed by atoms with E-state index in [1.807, 2.05) is 18.0 Å². The summed E-state index contributed by atoms with van der Waals surface area (Å²) in [5.41, 5.74) is 1.33. The molecule has 1 aromatic heterocycles. The van der Waals surface area contributed by atoms with E-state index in [4.69, 9.17) is 16.3 Å². The summed E-state index contributed by atoms with van der Waals surface area (Å²) in [6, 6.07) is 12.4. The molecule has 1 saturated heterocycles. The number of ether oxygens (including phenoxy) is 1. The van der Waals surface area contributed by atoms with Crippen LogP contribution in [0.3, 0.4) is 0 Å². The van der Waals surface area contributed by atoms with Gasteiger partial charge in [0.1, 0.15) is 5.75 Å². The van der Waals surface area contributed by atoms with Gasteiger partial charge in [-0.3, -0.25) is 14.7 Å². The molecule has 0 atom stereocenters. The van der Waals surface area contributed by atoms with Gasteiger partial charge in [-0.05, 0) is 18.4 Å². The number of pyridine rings is 1. The maximum atomic E-state index is 12.4. The normalized spacial score (nSPS) is 15.0. The van der Waals surface area contributed by atoms with Crippen molar-refractivity contribution in [2.75, 3.05) is 26.7 Å². The second kappa shape index (κ2) is 10.5. The van der Waals surface area contributed by atoms with Crippen LogP contribution in [0.1, 0.15) is 18.4 Å². The highest BCUT2D eigenvalue weighted by Gasteiger charge is 2.25. The highest BCUT2D eigenvalue weighted by Crippen LogP contribution is 2.19. The highest BCUT2D eigenvalue weighted by atomic mass is 35.5. The van der Waals surface area contributed by atoms with Crippen LogP contribution in [-0.4, -0.2) is 53.5 Å². The Morgan fingerprint density at radius 3 is 2.63 bits per heavy atom. The summed E-state index contributed by atoms with van der Waals surface area (Å²) in [5.74, 6) is 0.489. The quantitative estimate of drug-likeness (QED) is 0.729. The summed E-state index contributed by atoms with van der Waals surface area (Å²) in [6.45, 7) is 2.96. The van der Waals surface area contributed by atoms with E-state index < -0.39 is 0 Å². The minimum Gasteiger partial charge on any atom is -0.482 e. The second-order valence-corrected chi connectivity index (χ2v) is 7.06. The molecule has 1 aliphatic rings. The molecule has 0 aliphatic carbocycles. The fraction of sp³-hybridized carbons (Fsp3) is 0.400. The van der Waals surface area contributed by atoms with Crippen molar-refractivity contribution in [3.05, 3.63) is 59.4 Å². The van der Waals surface area contributed by atoms with Crippen LogP contribution in [0.2, 0.25) is 5.02 Å². The van der Waals surface area contributed by atoms with Gasteiger partial charge in [0.2, 0.25) is 0 Å². The second-order valence-electron chi connectivity index (χ2n) is 6.63. The smallest absolute Gasteiger partial charge is 0.260 e. The lowest BCUT2D eigenvalue weighted by atomic mass is 10.0. The molecule has 0 unspecified atom stereocenters. The van der Waals surface area contributed by atoms with Crippen LogP contribution in [0.25, 0.3) is 0 Å². The van der Waals surface area contributed by atoms with Crippen molar-refractivity contribution in [3.63, 3.8) is 0 Å². The molecule has 0 saturated carbocycles. The molecule has 3 rings (SSSR count). The van der Waals surface area contributed by atoms with Crippen molar-refractivity contribution in [2.24, 2.45) is 0 Å². The summed E-state index contributed by atoms with van der Waals surface area (Å²) in [6.07, 6.45) is 5.05. The zero-order valence-electron chi connectivity index (χ0n) is 15.4. The maximum Gasteiger partial charge on any atom is 0.260 e. The number of amides is 1. The number of halogens is 2. The lowest BCUT2D eigenvalue weighted by Crippen LogP contribution is -2.46. The average Bonchev–Trinajstić information content (AvgIpc) is 2.67. The van der Waals surface area contributed by atoms with Crippen molar-refractivity contribution in [1.82, 2.24) is 14.8 Å². The van der Waals surface area contributed by atoms with Crippen LogP contribution >= 0.6 is 24.0 Å². The van der Waals surface area contributed by atoms with Crippen molar-refractivity contribution >= 4 is 29.9 Å². The Hall–Kier alpha value is -1.82. The van der Waals surface area contributed by atoms with Gasteiger partial charge in [0.05, 0.1) is 11.2 Å². The Labute approximate surface area is 171 Å². The molecule has 0 spiro atoms. The van der Waals surface area contributed by atoms with E-state index in [-0.39, 0.29) is 31.0 Å². The van der Waals surface area contributed by atoms with E-state index in [1.165, 1.54) is 11.8 Å². The molecule has 2 aromatic rings. The number of piperidine rings is 1. The third kappa shape index (κ3) is 6.38. The Morgan fingerprint density at radius 2 is 1.96 bits per heavy atom. The van der Waals surface area contributed by atoms with Crippen molar-refractivity contribution < 1.29 is 9.53 Å². The summed E-state index contributed by atoms with van der Waals surface area (Å²) >= 11 is 5.87. The molecule has 1 aliphatic heterocycles. The van der Waals surface area contributed by atoms with Gasteiger partial charge in [-0.2, -0.15) is 0 Å². The lowest BCUT2D eigenvalue weighted by Gasteiger charge is -2.36. The molecule has 1 amide bonds. The number of likely N-dealkylation sites (tertiary alicyclic amines) is 1. The first-order valence-corrected chi connectivity index (χ1v) is 9.25. The number of aromatic nitrogens is 1. The molecule has 0 radical (unpaired) electrons. The molecule has 27 heavy (non-hydrogen) atoms. The number of carbonyl (C=O) groups is 1. The molecular weight excluding hydrogens is 385 g/mol. The largest absolute Gasteiger partial charge is 0.482 e. The van der Waals surface area contributed by atoms with Gasteiger partial charge >= 0.3 is 0 Å². The van der Waals surface area contributed by atoms with E-state index in [1.54, 1.807) is 12.3 Å². The first-order valence-electron chi connectivity index (χ1n) is 8.87. The van der Waals surface area contributed by atoms with Crippen LogP contribution in [0.5, 0.6) is 5.75 Å². The molecule has 2 heterocycles. The summed E-state index contributed by atoms with van der Waals surface area (Å²) in [5, 5.41) is 0.495. The molecule has 1 aromatic carbocycles. The molecule has 0 bridgehead atoms. The van der Waals surface area contributed by atoms with Gasteiger partial charge in [-0.15, -0.1) is 12.4 Å². The standard InChI is InChI=1S/C20H24ClN3O2.ClH/c1-23(20(25)15-26-19-11-17(21)12-22-13-19)18-7-9-24(10-8-18)14-16-5-3-2-4-6-16;/h2-6,11-13,18H,7-10,14-15H2,1H3;1H. The van der Waals surface area contributed by atoms with E-state index in [0.717, 1.165) is 32.5 Å². The topological polar surface area (TPSA) is 45.7 Å². The molecule has 5 nitrogen and oxygen atoms in total. The molecule has 146 valence electrons. The monoisotopic (exact) mass is 409 g/mol. The number of likely N-dealkylation sites (N-methyl/N-ethyl adjacent to an activating group) is 1. The van der Waals surface area contributed by atoms with E-state index >= 15 is 0 Å². The van der Waals surface area contributed by atoms with E-state index in [2.05, 4.69) is 34.1 Å². The van der Waals surface area contributed by atoms with Crippen LogP contribution in [-0.2, 0) is 11.3 Å². The number of carbonyl (C=O) groups excluding carboxylic acids is 1. The van der Waals surface area contributed by atoms with Crippen LogP contribution in [0.4, 0.5) is 0 Å². The Kier molecular flexibility index (Phi) is 8.35. The summed E-state index contributed by atoms with van der Waals surface area (Å²) in [4.78, 5) is 20.6. The van der Waals surface area contributed by atoms with E-state index in [9.17, 15) is 4.79 Å². The minimum absolute atomic E-state index is 0. The number of nitrogens with zero attached hydrogens (tertiary/aromatic N) is 3. The Morgan fingerprint density at radius 1 is 1.26 bits per heavy atom. The fourth-order valence-electron chi connectivity index (χ4n) is 3.23. The first-order chi connectivity index (χ1) is 12.6. The van der Waals surface area contributed by atoms with Crippen molar-refractivity contribution in [3.8, 4) is 5.75 Å². The third-order valence-electron chi connectivity index (χ3n) is 4.79. The average molecular weight is 410 g/mol. The summed E-state index contributed by atoms with van der Waals surface area (Å²) < 4.78 is 5.51. The first kappa shape index (κ1) is 21.5. The van der Waals surface area contributed by atoms with E-state index in [0.29, 0.717) is 10.8 Å². The van der Waals surface area contributed by atoms with Gasteiger partial charge in [-0.1, -0.05) is 41.9 Å². The number of rotatable bonds is 6. The van der Waals surface area contributed by atoms with Gasteiger partial charge in [0, 0.05) is 45.0 Å². The third-order valence-corrected chi connectivity index (χ3v) is 5.00. The Balaban J connectivity index is 0.00000261. The van der Waals surface area contributed by atoms with Gasteiger partial charge in [-0.25, -0.2) is 0 Å². The molecule has 1 fully saturated rings. The van der Waals surface area contributed by atoms with Gasteiger partial charge < -0.3 is 9.64 Å². The predicted molar refractivity (Wildman–Crippen MR) is 110 cm³/mol. The van der Waals surface area contributed by atoms with Gasteiger partial charge in [0.15, 0.2) is 6.61 Å².